The van der Waals surface area contributed by atoms with Crippen molar-refractivity contribution in [2.24, 2.45) is 0 Å². The highest BCUT2D eigenvalue weighted by Crippen LogP contribution is 2.46. The number of amides is 1. The summed E-state index contributed by atoms with van der Waals surface area (Å²) in [6.45, 7) is 2.75. The van der Waals surface area contributed by atoms with E-state index in [2.05, 4.69) is 31.1 Å². The first kappa shape index (κ1) is 23.0. The third-order valence-corrected chi connectivity index (χ3v) is 6.06. The number of carbonyl (C=O) groups is 2. The molecular formula is C22H19BrN4O5S. The number of fused-ring (bicyclic) bond motifs is 3. The fraction of sp³-hybridized carbons (Fsp3) is 0.227. The summed E-state index contributed by atoms with van der Waals surface area (Å²) in [5, 5.41) is 8.90. The highest BCUT2D eigenvalue weighted by Gasteiger charge is 2.36. The molecule has 0 saturated heterocycles. The Hall–Kier alpha value is -3.18. The highest BCUT2D eigenvalue weighted by molar-refractivity contribution is 9.10. The molecule has 33 heavy (non-hydrogen) atoms. The van der Waals surface area contributed by atoms with Crippen LogP contribution in [0.4, 0.5) is 5.69 Å². The van der Waals surface area contributed by atoms with Crippen molar-refractivity contribution in [3.8, 4) is 28.6 Å². The van der Waals surface area contributed by atoms with Crippen LogP contribution >= 0.6 is 27.7 Å². The molecular weight excluding hydrogens is 512 g/mol. The van der Waals surface area contributed by atoms with Crippen LogP contribution in [-0.2, 0) is 9.59 Å². The molecule has 2 heterocycles. The molecule has 0 fully saturated rings. The van der Waals surface area contributed by atoms with Gasteiger partial charge in [-0.2, -0.15) is 4.98 Å². The van der Waals surface area contributed by atoms with Crippen molar-refractivity contribution in [2.75, 3.05) is 18.3 Å². The lowest BCUT2D eigenvalue weighted by atomic mass is 10.1. The van der Waals surface area contributed by atoms with Crippen LogP contribution < -0.4 is 19.1 Å². The number of carbonyl (C=O) groups excluding carboxylic acids is 2. The van der Waals surface area contributed by atoms with E-state index in [0.717, 1.165) is 0 Å². The number of halogens is 1. The van der Waals surface area contributed by atoms with Crippen molar-refractivity contribution >= 4 is 45.3 Å². The summed E-state index contributed by atoms with van der Waals surface area (Å²) in [4.78, 5) is 30.4. The number of hydrogen-bond acceptors (Lipinski definition) is 9. The minimum atomic E-state index is -0.925. The Morgan fingerprint density at radius 2 is 1.91 bits per heavy atom. The lowest BCUT2D eigenvalue weighted by Gasteiger charge is -2.30. The smallest absolute Gasteiger partial charge is 0.308 e. The third kappa shape index (κ3) is 4.38. The van der Waals surface area contributed by atoms with Gasteiger partial charge in [-0.25, -0.2) is 0 Å². The van der Waals surface area contributed by atoms with Crippen molar-refractivity contribution in [3.05, 3.63) is 46.4 Å². The first-order valence-corrected chi connectivity index (χ1v) is 11.8. The Kier molecular flexibility index (Phi) is 6.52. The first-order valence-electron chi connectivity index (χ1n) is 9.74. The molecule has 1 amide bonds. The number of ether oxygens (including phenoxy) is 3. The summed E-state index contributed by atoms with van der Waals surface area (Å²) >= 11 is 4.86. The second-order valence-electron chi connectivity index (χ2n) is 6.95. The zero-order valence-corrected chi connectivity index (χ0v) is 20.6. The number of nitrogens with zero attached hydrogens (tertiary/aromatic N) is 4. The van der Waals surface area contributed by atoms with Crippen LogP contribution in [0.1, 0.15) is 25.6 Å². The van der Waals surface area contributed by atoms with Gasteiger partial charge in [0.25, 0.3) is 0 Å². The Morgan fingerprint density at radius 1 is 1.15 bits per heavy atom. The average Bonchev–Trinajstić information content (AvgIpc) is 2.93. The molecule has 0 unspecified atom stereocenters. The van der Waals surface area contributed by atoms with Crippen LogP contribution in [0.2, 0.25) is 0 Å². The Labute approximate surface area is 202 Å². The minimum absolute atomic E-state index is 0.234. The topological polar surface area (TPSA) is 104 Å². The molecule has 0 spiro atoms. The summed E-state index contributed by atoms with van der Waals surface area (Å²) in [6, 6.07) is 10.6. The molecule has 2 aromatic carbocycles. The van der Waals surface area contributed by atoms with Gasteiger partial charge in [-0.05, 0) is 24.5 Å². The Bertz CT molecular complexity index is 1260. The zero-order valence-electron chi connectivity index (χ0n) is 18.2. The monoisotopic (exact) mass is 530 g/mol. The van der Waals surface area contributed by atoms with E-state index in [0.29, 0.717) is 37.9 Å². The van der Waals surface area contributed by atoms with Crippen molar-refractivity contribution in [1.29, 1.82) is 0 Å². The number of thioether (sulfide) groups is 1. The number of anilines is 1. The standard InChI is InChI=1S/C22H19BrN4O5S/c1-11(28)27-16-8-6-5-7-13(16)19-20(24-22(33-4)26-25-19)32-21(27)14-9-17(30-3)18(10-15(14)23)31-12(2)29/h5-10,21H,1-4H3/t21-/m0/s1. The average molecular weight is 531 g/mol. The molecule has 1 aliphatic heterocycles. The number of para-hydroxylation sites is 1. The van der Waals surface area contributed by atoms with Gasteiger partial charge in [0.2, 0.25) is 23.2 Å². The summed E-state index contributed by atoms with van der Waals surface area (Å²) in [6.07, 6.45) is 0.911. The molecule has 0 saturated carbocycles. The summed E-state index contributed by atoms with van der Waals surface area (Å²) in [7, 11) is 1.46. The van der Waals surface area contributed by atoms with Gasteiger partial charge in [0.15, 0.2) is 17.2 Å². The van der Waals surface area contributed by atoms with Gasteiger partial charge in [-0.3, -0.25) is 14.5 Å². The number of methoxy groups -OCH3 is 1. The summed E-state index contributed by atoms with van der Waals surface area (Å²) in [5.74, 6) is 0.0370. The van der Waals surface area contributed by atoms with Crippen molar-refractivity contribution in [2.45, 2.75) is 25.2 Å². The van der Waals surface area contributed by atoms with Gasteiger partial charge in [0.1, 0.15) is 0 Å². The minimum Gasteiger partial charge on any atom is -0.493 e. The lowest BCUT2D eigenvalue weighted by Crippen LogP contribution is -2.36. The number of rotatable bonds is 4. The van der Waals surface area contributed by atoms with Crippen molar-refractivity contribution in [3.63, 3.8) is 0 Å². The largest absolute Gasteiger partial charge is 0.493 e. The second-order valence-corrected chi connectivity index (χ2v) is 8.57. The van der Waals surface area contributed by atoms with E-state index in [4.69, 9.17) is 14.2 Å². The zero-order chi connectivity index (χ0) is 23.7. The van der Waals surface area contributed by atoms with Crippen molar-refractivity contribution < 1.29 is 23.8 Å². The van der Waals surface area contributed by atoms with E-state index in [1.165, 1.54) is 37.6 Å². The molecule has 3 aromatic rings. The molecule has 170 valence electrons. The van der Waals surface area contributed by atoms with Gasteiger partial charge in [-0.1, -0.05) is 45.9 Å². The Morgan fingerprint density at radius 3 is 2.58 bits per heavy atom. The first-order chi connectivity index (χ1) is 15.8. The van der Waals surface area contributed by atoms with Crippen LogP contribution in [-0.4, -0.2) is 40.4 Å². The van der Waals surface area contributed by atoms with Crippen LogP contribution in [0.25, 0.3) is 11.3 Å². The van der Waals surface area contributed by atoms with Gasteiger partial charge in [-0.15, -0.1) is 10.2 Å². The summed E-state index contributed by atoms with van der Waals surface area (Å²) < 4.78 is 17.6. The fourth-order valence-electron chi connectivity index (χ4n) is 3.48. The molecule has 0 radical (unpaired) electrons. The van der Waals surface area contributed by atoms with Gasteiger partial charge < -0.3 is 14.2 Å². The van der Waals surface area contributed by atoms with Crippen molar-refractivity contribution in [1.82, 2.24) is 15.2 Å². The van der Waals surface area contributed by atoms with Crippen LogP contribution in [0, 0.1) is 0 Å². The summed E-state index contributed by atoms with van der Waals surface area (Å²) in [5.41, 5.74) is 2.25. The number of aromatic nitrogens is 3. The van der Waals surface area contributed by atoms with Gasteiger partial charge in [0, 0.05) is 29.4 Å². The van der Waals surface area contributed by atoms with Gasteiger partial charge >= 0.3 is 5.97 Å². The van der Waals surface area contributed by atoms with E-state index in [1.807, 2.05) is 30.5 Å². The molecule has 9 nitrogen and oxygen atoms in total. The molecule has 0 aliphatic carbocycles. The maximum absolute atomic E-state index is 12.9. The molecule has 4 rings (SSSR count). The number of benzene rings is 2. The SMILES string of the molecule is COc1cc([C@@H]2Oc3nc(SC)nnc3-c3ccccc3N2C(C)=O)c(Br)cc1OC(C)=O. The predicted octanol–water partition coefficient (Wildman–Crippen LogP) is 4.40. The maximum Gasteiger partial charge on any atom is 0.308 e. The lowest BCUT2D eigenvalue weighted by molar-refractivity contribution is -0.132. The van der Waals surface area contributed by atoms with E-state index in [9.17, 15) is 9.59 Å². The molecule has 1 aromatic heterocycles. The highest BCUT2D eigenvalue weighted by atomic mass is 79.9. The second kappa shape index (κ2) is 9.36. The van der Waals surface area contributed by atoms with E-state index in [-0.39, 0.29) is 17.5 Å². The predicted molar refractivity (Wildman–Crippen MR) is 126 cm³/mol. The van der Waals surface area contributed by atoms with Crippen LogP contribution in [0.5, 0.6) is 17.4 Å². The number of hydrogen-bond donors (Lipinski definition) is 0. The van der Waals surface area contributed by atoms with E-state index >= 15 is 0 Å². The quantitative estimate of drug-likeness (QED) is 0.275. The fourth-order valence-corrected chi connectivity index (χ4v) is 4.29. The molecule has 1 aliphatic rings. The third-order valence-electron chi connectivity index (χ3n) is 4.84. The van der Waals surface area contributed by atoms with Gasteiger partial charge in [0.05, 0.1) is 12.8 Å². The van der Waals surface area contributed by atoms with E-state index in [1.54, 1.807) is 12.1 Å². The molecule has 0 bridgehead atoms. The number of esters is 1. The maximum atomic E-state index is 12.9. The Balaban J connectivity index is 1.96. The van der Waals surface area contributed by atoms with Crippen LogP contribution in [0.3, 0.4) is 0 Å². The molecule has 11 heteroatoms. The molecule has 0 N–H and O–H groups in total. The normalized spacial score (nSPS) is 14.5. The van der Waals surface area contributed by atoms with Crippen LogP contribution in [0.15, 0.2) is 46.0 Å². The van der Waals surface area contributed by atoms with E-state index < -0.39 is 12.2 Å². The molecule has 1 atom stereocenters.